The number of tetrazole rings is 1. The molecule has 0 unspecified atom stereocenters. The fourth-order valence-electron chi connectivity index (χ4n) is 2.25. The van der Waals surface area contributed by atoms with E-state index in [9.17, 15) is 27.2 Å². The third kappa shape index (κ3) is 4.22. The van der Waals surface area contributed by atoms with Crippen LogP contribution in [0.1, 0.15) is 11.1 Å². The molecule has 1 amide bonds. The number of halogens is 4. The van der Waals surface area contributed by atoms with Crippen LogP contribution < -0.4 is 11.0 Å². The van der Waals surface area contributed by atoms with E-state index >= 15 is 0 Å². The molecule has 3 rings (SSSR count). The van der Waals surface area contributed by atoms with Gasteiger partial charge in [0.15, 0.2) is 0 Å². The van der Waals surface area contributed by atoms with Crippen LogP contribution in [0.15, 0.2) is 40.5 Å². The molecule has 0 aliphatic carbocycles. The van der Waals surface area contributed by atoms with Gasteiger partial charge in [-0.2, -0.15) is 22.5 Å². The van der Waals surface area contributed by atoms with E-state index in [0.717, 1.165) is 21.5 Å². The van der Waals surface area contributed by atoms with E-state index in [1.165, 1.54) is 11.3 Å². The molecular weight excluding hydrogens is 390 g/mol. The zero-order valence-corrected chi connectivity index (χ0v) is 14.2. The first-order chi connectivity index (χ1) is 12.8. The lowest BCUT2D eigenvalue weighted by Gasteiger charge is -2.13. The SMILES string of the molecule is O=C(Cn1nnn(-c2cccs2)c1=O)NCc1ccc(F)cc1C(F)(F)F. The number of nitrogens with one attached hydrogen (secondary N) is 1. The van der Waals surface area contributed by atoms with E-state index in [1.807, 2.05) is 0 Å². The lowest BCUT2D eigenvalue weighted by molar-refractivity contribution is -0.138. The van der Waals surface area contributed by atoms with Crippen LogP contribution in [0.4, 0.5) is 17.6 Å². The maximum Gasteiger partial charge on any atom is 0.416 e. The normalized spacial score (nSPS) is 11.6. The smallest absolute Gasteiger partial charge is 0.350 e. The second-order valence-corrected chi connectivity index (χ2v) is 6.28. The molecule has 0 saturated carbocycles. The lowest BCUT2D eigenvalue weighted by atomic mass is 10.1. The summed E-state index contributed by atoms with van der Waals surface area (Å²) in [5.74, 6) is -1.78. The van der Waals surface area contributed by atoms with Crippen LogP contribution in [0.3, 0.4) is 0 Å². The van der Waals surface area contributed by atoms with E-state index in [4.69, 9.17) is 0 Å². The standard InChI is InChI=1S/C15H11F4N5O2S/c16-10-4-3-9(11(6-10)15(17,18)19)7-20-12(25)8-23-14(26)24(22-21-23)13-2-1-5-27-13/h1-6H,7-8H2,(H,20,25). The van der Waals surface area contributed by atoms with Crippen LogP contribution in [0.25, 0.3) is 5.00 Å². The molecule has 0 atom stereocenters. The number of carbonyl (C=O) groups excluding carboxylic acids is 1. The van der Waals surface area contributed by atoms with Gasteiger partial charge >= 0.3 is 11.9 Å². The van der Waals surface area contributed by atoms with E-state index < -0.39 is 42.2 Å². The van der Waals surface area contributed by atoms with E-state index in [2.05, 4.69) is 15.7 Å². The Kier molecular flexibility index (Phi) is 5.08. The van der Waals surface area contributed by atoms with Gasteiger partial charge in [-0.05, 0) is 45.6 Å². The Balaban J connectivity index is 1.69. The topological polar surface area (TPSA) is 81.8 Å². The van der Waals surface area contributed by atoms with Crippen molar-refractivity contribution in [3.63, 3.8) is 0 Å². The number of rotatable bonds is 5. The summed E-state index contributed by atoms with van der Waals surface area (Å²) in [5.41, 5.74) is -2.14. The number of hydrogen-bond donors (Lipinski definition) is 1. The first kappa shape index (κ1) is 18.8. The van der Waals surface area contributed by atoms with Crippen molar-refractivity contribution in [1.82, 2.24) is 25.1 Å². The first-order valence-electron chi connectivity index (χ1n) is 7.45. The Labute approximate surface area is 152 Å². The number of amides is 1. The Morgan fingerprint density at radius 1 is 1.22 bits per heavy atom. The summed E-state index contributed by atoms with van der Waals surface area (Å²) < 4.78 is 53.7. The largest absolute Gasteiger partial charge is 0.416 e. The van der Waals surface area contributed by atoms with Crippen molar-refractivity contribution in [3.8, 4) is 5.00 Å². The predicted molar refractivity (Wildman–Crippen MR) is 86.7 cm³/mol. The number of benzene rings is 1. The number of thiophene rings is 1. The molecule has 0 saturated heterocycles. The fraction of sp³-hybridized carbons (Fsp3) is 0.200. The van der Waals surface area contributed by atoms with E-state index in [-0.39, 0.29) is 5.56 Å². The number of carbonyl (C=O) groups is 1. The average Bonchev–Trinajstić information content (AvgIpc) is 3.23. The van der Waals surface area contributed by atoms with Gasteiger partial charge < -0.3 is 5.32 Å². The zero-order chi connectivity index (χ0) is 19.6. The van der Waals surface area contributed by atoms with Gasteiger partial charge in [-0.3, -0.25) is 4.79 Å². The van der Waals surface area contributed by atoms with Crippen LogP contribution in [0.5, 0.6) is 0 Å². The highest BCUT2D eigenvalue weighted by Gasteiger charge is 2.33. The summed E-state index contributed by atoms with van der Waals surface area (Å²) in [6.07, 6.45) is -4.76. The maximum absolute atomic E-state index is 13.1. The third-order valence-electron chi connectivity index (χ3n) is 3.50. The van der Waals surface area contributed by atoms with Crippen molar-refractivity contribution >= 4 is 17.2 Å². The molecule has 0 aliphatic rings. The highest BCUT2D eigenvalue weighted by atomic mass is 32.1. The van der Waals surface area contributed by atoms with Crippen molar-refractivity contribution in [2.75, 3.05) is 0 Å². The molecule has 1 aromatic carbocycles. The van der Waals surface area contributed by atoms with Crippen LogP contribution >= 0.6 is 11.3 Å². The molecule has 142 valence electrons. The molecule has 0 radical (unpaired) electrons. The van der Waals surface area contributed by atoms with Gasteiger partial charge in [0, 0.05) is 6.54 Å². The van der Waals surface area contributed by atoms with Gasteiger partial charge in [-0.1, -0.05) is 6.07 Å². The van der Waals surface area contributed by atoms with Crippen molar-refractivity contribution in [1.29, 1.82) is 0 Å². The molecule has 2 aromatic heterocycles. The highest BCUT2D eigenvalue weighted by molar-refractivity contribution is 7.12. The van der Waals surface area contributed by atoms with Crippen LogP contribution in [-0.2, 0) is 24.1 Å². The fourth-order valence-corrected chi connectivity index (χ4v) is 2.92. The van der Waals surface area contributed by atoms with Gasteiger partial charge in [0.05, 0.1) is 5.56 Å². The van der Waals surface area contributed by atoms with Crippen LogP contribution in [-0.4, -0.2) is 25.7 Å². The van der Waals surface area contributed by atoms with E-state index in [0.29, 0.717) is 11.1 Å². The van der Waals surface area contributed by atoms with Crippen molar-refractivity contribution in [3.05, 3.63) is 63.1 Å². The Morgan fingerprint density at radius 2 is 2.00 bits per heavy atom. The zero-order valence-electron chi connectivity index (χ0n) is 13.4. The van der Waals surface area contributed by atoms with Gasteiger partial charge in [0.1, 0.15) is 17.4 Å². The molecule has 0 bridgehead atoms. The van der Waals surface area contributed by atoms with Crippen molar-refractivity contribution in [2.45, 2.75) is 19.3 Å². The van der Waals surface area contributed by atoms with E-state index in [1.54, 1.807) is 17.5 Å². The second-order valence-electron chi connectivity index (χ2n) is 5.36. The Bertz CT molecular complexity index is 1010. The van der Waals surface area contributed by atoms with Gasteiger partial charge in [-0.25, -0.2) is 9.18 Å². The number of alkyl halides is 3. The molecular formula is C15H11F4N5O2S. The summed E-state index contributed by atoms with van der Waals surface area (Å²) in [4.78, 5) is 24.1. The molecule has 27 heavy (non-hydrogen) atoms. The van der Waals surface area contributed by atoms with Crippen LogP contribution in [0.2, 0.25) is 0 Å². The number of hydrogen-bond acceptors (Lipinski definition) is 5. The Morgan fingerprint density at radius 3 is 2.67 bits per heavy atom. The van der Waals surface area contributed by atoms with Gasteiger partial charge in [0.2, 0.25) is 5.91 Å². The molecule has 0 fully saturated rings. The van der Waals surface area contributed by atoms with Gasteiger partial charge in [0.25, 0.3) is 0 Å². The summed E-state index contributed by atoms with van der Waals surface area (Å²) in [7, 11) is 0. The maximum atomic E-state index is 13.1. The van der Waals surface area contributed by atoms with Gasteiger partial charge in [-0.15, -0.1) is 11.3 Å². The summed E-state index contributed by atoms with van der Waals surface area (Å²) in [5, 5.41) is 11.7. The minimum absolute atomic E-state index is 0.299. The number of aromatic nitrogens is 4. The van der Waals surface area contributed by atoms with Crippen LogP contribution in [0, 0.1) is 5.82 Å². The highest BCUT2D eigenvalue weighted by Crippen LogP contribution is 2.32. The minimum Gasteiger partial charge on any atom is -0.350 e. The average molecular weight is 401 g/mol. The molecule has 3 aromatic rings. The van der Waals surface area contributed by atoms with Crippen molar-refractivity contribution in [2.24, 2.45) is 0 Å². The number of nitrogens with zero attached hydrogens (tertiary/aromatic N) is 4. The first-order valence-corrected chi connectivity index (χ1v) is 8.32. The quantitative estimate of drug-likeness (QED) is 0.663. The summed E-state index contributed by atoms with van der Waals surface area (Å²) in [6.45, 7) is -1.01. The second kappa shape index (κ2) is 7.31. The minimum atomic E-state index is -4.76. The molecule has 1 N–H and O–H groups in total. The van der Waals surface area contributed by atoms with Crippen molar-refractivity contribution < 1.29 is 22.4 Å². The summed E-state index contributed by atoms with van der Waals surface area (Å²) >= 11 is 1.24. The Hall–Kier alpha value is -3.02. The predicted octanol–water partition coefficient (Wildman–Crippen LogP) is 1.96. The monoisotopic (exact) mass is 401 g/mol. The third-order valence-corrected chi connectivity index (χ3v) is 4.34. The molecule has 7 nitrogen and oxygen atoms in total. The lowest BCUT2D eigenvalue weighted by Crippen LogP contribution is -2.33. The molecule has 2 heterocycles. The molecule has 12 heteroatoms. The molecule has 0 aliphatic heterocycles. The summed E-state index contributed by atoms with van der Waals surface area (Å²) in [6, 6.07) is 5.52. The molecule has 0 spiro atoms.